The van der Waals surface area contributed by atoms with Crippen LogP contribution in [0.15, 0.2) is 51.3 Å². The summed E-state index contributed by atoms with van der Waals surface area (Å²) in [5, 5.41) is 14.9. The molecule has 2 aliphatic heterocycles. The van der Waals surface area contributed by atoms with Crippen LogP contribution in [0.5, 0.6) is 5.75 Å². The van der Waals surface area contributed by atoms with E-state index in [9.17, 15) is 9.90 Å². The molecule has 4 aliphatic carbocycles. The number of nitrogens with one attached hydrogen (secondary N) is 1. The second-order valence-corrected chi connectivity index (χ2v) is 13.3. The predicted molar refractivity (Wildman–Crippen MR) is 149 cm³/mol. The summed E-state index contributed by atoms with van der Waals surface area (Å²) >= 11 is 2.89. The fraction of sp³-hybridized carbons (Fsp3) is 0.414. The molecule has 5 nitrogen and oxygen atoms in total. The number of aromatic hydroxyl groups is 1. The maximum absolute atomic E-state index is 15.2. The quantitative estimate of drug-likeness (QED) is 0.452. The number of carbonyl (C=O) groups excluding carboxylic acids is 1. The highest BCUT2D eigenvalue weighted by Gasteiger charge is 2.52. The van der Waals surface area contributed by atoms with Gasteiger partial charge in [-0.05, 0) is 114 Å². The van der Waals surface area contributed by atoms with Crippen LogP contribution >= 0.6 is 23.5 Å². The Morgan fingerprint density at radius 1 is 1.08 bits per heavy atom. The van der Waals surface area contributed by atoms with Crippen molar-refractivity contribution in [3.63, 3.8) is 0 Å². The van der Waals surface area contributed by atoms with E-state index in [4.69, 9.17) is 0 Å². The number of thioether (sulfide) groups is 2. The first-order chi connectivity index (χ1) is 17.9. The minimum absolute atomic E-state index is 0.106. The van der Waals surface area contributed by atoms with Crippen LogP contribution in [0.2, 0.25) is 0 Å². The van der Waals surface area contributed by atoms with Gasteiger partial charge in [0.1, 0.15) is 0 Å². The molecule has 2 aromatic carbocycles. The molecule has 8 heteroatoms. The van der Waals surface area contributed by atoms with Crippen LogP contribution in [0, 0.1) is 23.6 Å². The van der Waals surface area contributed by atoms with Gasteiger partial charge in [-0.25, -0.2) is 4.39 Å². The molecule has 190 valence electrons. The Kier molecular flexibility index (Phi) is 5.73. The summed E-state index contributed by atoms with van der Waals surface area (Å²) in [5.74, 6) is 2.13. The Morgan fingerprint density at radius 3 is 2.54 bits per heavy atom. The Hall–Kier alpha value is -2.58. The monoisotopic (exact) mass is 533 g/mol. The number of amides is 1. The van der Waals surface area contributed by atoms with Crippen LogP contribution in [-0.2, 0) is 10.2 Å². The van der Waals surface area contributed by atoms with E-state index in [0.29, 0.717) is 33.0 Å². The first-order valence-electron chi connectivity index (χ1n) is 13.0. The summed E-state index contributed by atoms with van der Waals surface area (Å²) in [5.41, 5.74) is 3.18. The lowest BCUT2D eigenvalue weighted by Crippen LogP contribution is -2.48. The molecule has 2 heterocycles. The third kappa shape index (κ3) is 4.32. The van der Waals surface area contributed by atoms with Crippen molar-refractivity contribution >= 4 is 45.8 Å². The van der Waals surface area contributed by atoms with E-state index in [1.54, 1.807) is 11.8 Å². The number of nitrogens with zero attached hydrogens (tertiary/aromatic N) is 2. The largest absolute Gasteiger partial charge is 0.505 e. The van der Waals surface area contributed by atoms with Crippen molar-refractivity contribution < 1.29 is 14.3 Å². The molecule has 1 amide bonds. The second kappa shape index (κ2) is 9.02. The Labute approximate surface area is 224 Å². The third-order valence-electron chi connectivity index (χ3n) is 8.61. The number of hydrogen-bond donors (Lipinski definition) is 2. The molecule has 6 aliphatic rings. The van der Waals surface area contributed by atoms with Crippen molar-refractivity contribution in [2.24, 2.45) is 27.7 Å². The van der Waals surface area contributed by atoms with E-state index < -0.39 is 5.82 Å². The Balaban J connectivity index is 1.20. The number of phenols is 1. The topological polar surface area (TPSA) is 74.0 Å². The first kappa shape index (κ1) is 23.5. The van der Waals surface area contributed by atoms with Gasteiger partial charge in [-0.15, -0.1) is 0 Å². The number of amidine groups is 2. The van der Waals surface area contributed by atoms with Crippen molar-refractivity contribution in [3.05, 3.63) is 58.2 Å². The molecule has 1 saturated heterocycles. The molecular weight excluding hydrogens is 505 g/mol. The van der Waals surface area contributed by atoms with Gasteiger partial charge in [0.15, 0.2) is 21.9 Å². The molecule has 2 aromatic rings. The van der Waals surface area contributed by atoms with E-state index in [1.807, 2.05) is 36.4 Å². The van der Waals surface area contributed by atoms with Gasteiger partial charge < -0.3 is 10.4 Å². The standard InChI is InChI=1S/C29H28FN3O2S2/c30-23-12-21(11-22(25(23)34)29-13-17-6-18(14-29)8-19(7-17)15-29)20-3-1-2-16(9-20)10-24-26(35)32-28(37-24)33-27-31-4-5-36-27/h1-3,9-12,17-19,34H,4-8,13-15H2,(H,31,32,33,35)/b24-10-. The highest BCUT2D eigenvalue weighted by molar-refractivity contribution is 8.19. The van der Waals surface area contributed by atoms with Crippen LogP contribution < -0.4 is 5.32 Å². The molecule has 4 saturated carbocycles. The summed E-state index contributed by atoms with van der Waals surface area (Å²) in [7, 11) is 0. The van der Waals surface area contributed by atoms with Crippen molar-refractivity contribution in [1.29, 1.82) is 0 Å². The SMILES string of the molecule is O=C1N/C(=N\C2=NCCS2)S/C1=C\c1cccc(-c2cc(F)c(O)c(C34CC5CC(CC(C5)C3)C4)c2)c1. The summed E-state index contributed by atoms with van der Waals surface area (Å²) < 4.78 is 15.2. The fourth-order valence-corrected chi connectivity index (χ4v) is 9.11. The zero-order valence-corrected chi connectivity index (χ0v) is 22.0. The number of benzene rings is 2. The van der Waals surface area contributed by atoms with Crippen molar-refractivity contribution in [1.82, 2.24) is 5.32 Å². The molecule has 0 radical (unpaired) electrons. The van der Waals surface area contributed by atoms with E-state index in [1.165, 1.54) is 37.1 Å². The van der Waals surface area contributed by atoms with Gasteiger partial charge in [0.25, 0.3) is 5.91 Å². The van der Waals surface area contributed by atoms with Crippen molar-refractivity contribution in [2.75, 3.05) is 12.3 Å². The molecule has 0 atom stereocenters. The number of phenolic OH excluding ortho intramolecular Hbond substituents is 1. The zero-order valence-electron chi connectivity index (χ0n) is 20.4. The van der Waals surface area contributed by atoms with Gasteiger partial charge in [0, 0.05) is 11.3 Å². The lowest BCUT2D eigenvalue weighted by atomic mass is 9.48. The molecule has 0 unspecified atom stereocenters. The van der Waals surface area contributed by atoms with Crippen molar-refractivity contribution in [3.8, 4) is 16.9 Å². The van der Waals surface area contributed by atoms with Crippen LogP contribution in [0.1, 0.15) is 49.7 Å². The summed E-state index contributed by atoms with van der Waals surface area (Å²) in [6.45, 7) is 0.757. The molecule has 5 fully saturated rings. The first-order valence-corrected chi connectivity index (χ1v) is 14.8. The average molecular weight is 534 g/mol. The van der Waals surface area contributed by atoms with E-state index in [0.717, 1.165) is 53.8 Å². The van der Waals surface area contributed by atoms with E-state index in [2.05, 4.69) is 15.3 Å². The average Bonchev–Trinajstić information content (AvgIpc) is 3.49. The molecule has 4 bridgehead atoms. The van der Waals surface area contributed by atoms with Crippen LogP contribution in [0.25, 0.3) is 17.2 Å². The number of carbonyl (C=O) groups is 1. The number of aliphatic imine (C=N–C) groups is 2. The maximum atomic E-state index is 15.2. The number of hydrogen-bond acceptors (Lipinski definition) is 6. The molecule has 8 rings (SSSR count). The Morgan fingerprint density at radius 2 is 1.84 bits per heavy atom. The minimum Gasteiger partial charge on any atom is -0.505 e. The van der Waals surface area contributed by atoms with Crippen LogP contribution in [-0.4, -0.2) is 33.6 Å². The highest BCUT2D eigenvalue weighted by atomic mass is 32.2. The third-order valence-corrected chi connectivity index (χ3v) is 10.4. The van der Waals surface area contributed by atoms with Crippen LogP contribution in [0.4, 0.5) is 4.39 Å². The van der Waals surface area contributed by atoms with E-state index in [-0.39, 0.29) is 17.1 Å². The van der Waals surface area contributed by atoms with E-state index >= 15 is 4.39 Å². The normalized spacial score (nSPS) is 32.4. The minimum atomic E-state index is -0.550. The fourth-order valence-electron chi connectivity index (χ4n) is 7.53. The summed E-state index contributed by atoms with van der Waals surface area (Å²) in [4.78, 5) is 21.9. The predicted octanol–water partition coefficient (Wildman–Crippen LogP) is 6.33. The number of halogens is 1. The lowest BCUT2D eigenvalue weighted by Gasteiger charge is -2.57. The lowest BCUT2D eigenvalue weighted by molar-refractivity contribution is -0.115. The zero-order chi connectivity index (χ0) is 25.1. The smallest absolute Gasteiger partial charge is 0.264 e. The van der Waals surface area contributed by atoms with Gasteiger partial charge in [-0.3, -0.25) is 9.79 Å². The summed E-state index contributed by atoms with van der Waals surface area (Å²) in [6, 6.07) is 11.3. The van der Waals surface area contributed by atoms with Gasteiger partial charge >= 0.3 is 0 Å². The highest BCUT2D eigenvalue weighted by Crippen LogP contribution is 2.62. The van der Waals surface area contributed by atoms with Crippen molar-refractivity contribution in [2.45, 2.75) is 43.9 Å². The van der Waals surface area contributed by atoms with Gasteiger partial charge in [0.2, 0.25) is 0 Å². The maximum Gasteiger partial charge on any atom is 0.264 e. The van der Waals surface area contributed by atoms with Gasteiger partial charge in [-0.2, -0.15) is 4.99 Å². The Bertz CT molecular complexity index is 1360. The molecule has 37 heavy (non-hydrogen) atoms. The number of rotatable bonds is 3. The van der Waals surface area contributed by atoms with Gasteiger partial charge in [-0.1, -0.05) is 30.0 Å². The molecular formula is C29H28FN3O2S2. The second-order valence-electron chi connectivity index (χ2n) is 11.2. The molecule has 0 spiro atoms. The van der Waals surface area contributed by atoms with Gasteiger partial charge in [0.05, 0.1) is 11.4 Å². The summed E-state index contributed by atoms with van der Waals surface area (Å²) in [6.07, 6.45) is 8.90. The van der Waals surface area contributed by atoms with Crippen LogP contribution in [0.3, 0.4) is 0 Å². The molecule has 2 N–H and O–H groups in total. The molecule has 0 aromatic heterocycles.